The molecule has 13 heteroatoms. The Balaban J connectivity index is 1.47. The maximum absolute atomic E-state index is 13.0. The average molecular weight is 491 g/mol. The van der Waals surface area contributed by atoms with Crippen molar-refractivity contribution in [1.29, 1.82) is 0 Å². The number of nitrogens with one attached hydrogen (secondary N) is 1. The molecule has 4 heterocycles. The summed E-state index contributed by atoms with van der Waals surface area (Å²) in [5, 5.41) is 20.2. The molecule has 33 heavy (non-hydrogen) atoms. The van der Waals surface area contributed by atoms with Crippen LogP contribution in [0.2, 0.25) is 5.15 Å². The normalized spacial score (nSPS) is 13.4. The first-order chi connectivity index (χ1) is 15.8. The first kappa shape index (κ1) is 22.7. The summed E-state index contributed by atoms with van der Waals surface area (Å²) in [5.74, 6) is 0.126. The fourth-order valence-electron chi connectivity index (χ4n) is 3.26. The molecule has 0 radical (unpaired) electrons. The van der Waals surface area contributed by atoms with Gasteiger partial charge in [0, 0.05) is 42.0 Å². The molecule has 2 amide bonds. The van der Waals surface area contributed by atoms with E-state index in [-0.39, 0.29) is 21.4 Å². The number of hydrogen-bond acceptors (Lipinski definition) is 9. The fraction of sp³-hybridized carbons (Fsp3) is 0.300. The van der Waals surface area contributed by atoms with Gasteiger partial charge in [0.05, 0.1) is 25.5 Å². The number of hydrogen-bond donors (Lipinski definition) is 2. The van der Waals surface area contributed by atoms with Crippen LogP contribution in [0.4, 0.5) is 9.93 Å². The number of likely N-dealkylation sites (tertiary alicyclic amines) is 1. The zero-order valence-electron chi connectivity index (χ0n) is 17.6. The molecule has 1 saturated heterocycles. The van der Waals surface area contributed by atoms with Crippen molar-refractivity contribution in [2.24, 2.45) is 5.92 Å². The highest BCUT2D eigenvalue weighted by molar-refractivity contribution is 7.17. The molecule has 4 rings (SSSR count). The smallest absolute Gasteiger partial charge is 0.407 e. The fourth-order valence-corrected chi connectivity index (χ4v) is 4.02. The predicted octanol–water partition coefficient (Wildman–Crippen LogP) is 3.21. The summed E-state index contributed by atoms with van der Waals surface area (Å²) in [5.41, 5.74) is 2.18. The van der Waals surface area contributed by atoms with Crippen LogP contribution in [0.1, 0.15) is 16.1 Å². The Morgan fingerprint density at radius 3 is 2.76 bits per heavy atom. The van der Waals surface area contributed by atoms with Gasteiger partial charge in [-0.15, -0.1) is 5.10 Å². The third-order valence-corrected chi connectivity index (χ3v) is 5.88. The molecule has 3 aromatic rings. The number of anilines is 1. The van der Waals surface area contributed by atoms with Crippen molar-refractivity contribution in [1.82, 2.24) is 25.1 Å². The maximum atomic E-state index is 13.0. The first-order valence-corrected chi connectivity index (χ1v) is 11.0. The number of aryl methyl sites for hydroxylation is 1. The molecule has 0 aliphatic carbocycles. The Bertz CT molecular complexity index is 1200. The summed E-state index contributed by atoms with van der Waals surface area (Å²) in [7, 11) is 1.51. The topological polar surface area (TPSA) is 140 Å². The van der Waals surface area contributed by atoms with Gasteiger partial charge < -0.3 is 19.5 Å². The van der Waals surface area contributed by atoms with Gasteiger partial charge in [0.25, 0.3) is 11.1 Å². The monoisotopic (exact) mass is 490 g/mol. The van der Waals surface area contributed by atoms with Crippen molar-refractivity contribution >= 4 is 40.1 Å². The van der Waals surface area contributed by atoms with Gasteiger partial charge in [-0.1, -0.05) is 16.7 Å². The van der Waals surface area contributed by atoms with Gasteiger partial charge in [0.15, 0.2) is 0 Å². The van der Waals surface area contributed by atoms with E-state index in [1.165, 1.54) is 24.4 Å². The van der Waals surface area contributed by atoms with E-state index in [9.17, 15) is 9.59 Å². The second-order valence-corrected chi connectivity index (χ2v) is 8.60. The standard InChI is InChI=1S/C20H19ClN6O5S/c1-10-3-12(13-4-16(21)23-6-15(13)31-2)14(5-22-10)17(28)24-18-25-26-19(33-18)32-9-11-7-27(8-11)20(29)30/h3-6,11H,7-9H2,1-2H3,(H,29,30)(H,24,25,28). The number of pyridine rings is 2. The average Bonchev–Trinajstić information content (AvgIpc) is 3.19. The minimum atomic E-state index is -0.941. The van der Waals surface area contributed by atoms with Crippen molar-refractivity contribution in [2.75, 3.05) is 32.1 Å². The Kier molecular flexibility index (Phi) is 6.56. The molecule has 0 saturated carbocycles. The highest BCUT2D eigenvalue weighted by Gasteiger charge is 2.31. The molecule has 1 aliphatic heterocycles. The molecular formula is C20H19ClN6O5S. The lowest BCUT2D eigenvalue weighted by Crippen LogP contribution is -2.51. The van der Waals surface area contributed by atoms with Crippen LogP contribution in [0, 0.1) is 12.8 Å². The number of aromatic nitrogens is 4. The van der Waals surface area contributed by atoms with Crippen molar-refractivity contribution in [2.45, 2.75) is 6.92 Å². The van der Waals surface area contributed by atoms with Gasteiger partial charge in [0.2, 0.25) is 5.13 Å². The van der Waals surface area contributed by atoms with Crippen molar-refractivity contribution < 1.29 is 24.2 Å². The molecule has 0 spiro atoms. The van der Waals surface area contributed by atoms with Gasteiger partial charge in [-0.05, 0) is 30.4 Å². The number of carboxylic acid groups (broad SMARTS) is 1. The Labute approximate surface area is 197 Å². The Morgan fingerprint density at radius 2 is 2.03 bits per heavy atom. The number of methoxy groups -OCH3 is 1. The number of carbonyl (C=O) groups excluding carboxylic acids is 1. The molecule has 11 nitrogen and oxygen atoms in total. The van der Waals surface area contributed by atoms with Crippen LogP contribution in [0.25, 0.3) is 11.1 Å². The molecule has 0 bridgehead atoms. The van der Waals surface area contributed by atoms with Crippen LogP contribution >= 0.6 is 22.9 Å². The molecule has 0 unspecified atom stereocenters. The zero-order chi connectivity index (χ0) is 23.5. The van der Waals surface area contributed by atoms with Crippen LogP contribution in [0.15, 0.2) is 24.5 Å². The van der Waals surface area contributed by atoms with E-state index in [4.69, 9.17) is 26.2 Å². The van der Waals surface area contributed by atoms with Crippen LogP contribution < -0.4 is 14.8 Å². The van der Waals surface area contributed by atoms with E-state index in [2.05, 4.69) is 25.5 Å². The summed E-state index contributed by atoms with van der Waals surface area (Å²) in [6.07, 6.45) is 2.02. The Hall–Kier alpha value is -3.51. The van der Waals surface area contributed by atoms with Gasteiger partial charge in [-0.2, -0.15) is 0 Å². The largest absolute Gasteiger partial charge is 0.494 e. The molecule has 3 aromatic heterocycles. The molecule has 1 aliphatic rings. The molecule has 0 aromatic carbocycles. The van der Waals surface area contributed by atoms with E-state index in [1.807, 2.05) is 6.92 Å². The Morgan fingerprint density at radius 1 is 1.24 bits per heavy atom. The second kappa shape index (κ2) is 9.55. The van der Waals surface area contributed by atoms with E-state index < -0.39 is 12.0 Å². The van der Waals surface area contributed by atoms with Crippen molar-refractivity contribution in [3.63, 3.8) is 0 Å². The molecule has 172 valence electrons. The number of amides is 2. The first-order valence-electron chi connectivity index (χ1n) is 9.76. The number of ether oxygens (including phenoxy) is 2. The van der Waals surface area contributed by atoms with Gasteiger partial charge >= 0.3 is 6.09 Å². The van der Waals surface area contributed by atoms with Crippen LogP contribution in [-0.2, 0) is 0 Å². The molecular weight excluding hydrogens is 472 g/mol. The number of carbonyl (C=O) groups is 2. The van der Waals surface area contributed by atoms with Crippen LogP contribution in [0.3, 0.4) is 0 Å². The lowest BCUT2D eigenvalue weighted by atomic mass is 10.0. The second-order valence-electron chi connectivity index (χ2n) is 7.27. The lowest BCUT2D eigenvalue weighted by Gasteiger charge is -2.36. The third-order valence-electron chi connectivity index (χ3n) is 4.93. The SMILES string of the molecule is COc1cnc(Cl)cc1-c1cc(C)ncc1C(=O)Nc1nnc(OCC2CN(C(=O)O)C2)s1. The predicted molar refractivity (Wildman–Crippen MR) is 120 cm³/mol. The quantitative estimate of drug-likeness (QED) is 0.477. The van der Waals surface area contributed by atoms with E-state index in [0.717, 1.165) is 11.3 Å². The van der Waals surface area contributed by atoms with Gasteiger partial charge in [-0.3, -0.25) is 15.1 Å². The minimum absolute atomic E-state index is 0.103. The van der Waals surface area contributed by atoms with E-state index >= 15 is 0 Å². The number of halogens is 1. The van der Waals surface area contributed by atoms with Crippen molar-refractivity contribution in [3.05, 3.63) is 40.9 Å². The zero-order valence-corrected chi connectivity index (χ0v) is 19.2. The summed E-state index contributed by atoms with van der Waals surface area (Å²) >= 11 is 7.14. The highest BCUT2D eigenvalue weighted by atomic mass is 35.5. The van der Waals surface area contributed by atoms with Gasteiger partial charge in [-0.25, -0.2) is 9.78 Å². The number of nitrogens with zero attached hydrogens (tertiary/aromatic N) is 5. The summed E-state index contributed by atoms with van der Waals surface area (Å²) in [6, 6.07) is 3.38. The summed E-state index contributed by atoms with van der Waals surface area (Å²) in [4.78, 5) is 33.4. The van der Waals surface area contributed by atoms with E-state index in [0.29, 0.717) is 47.8 Å². The molecule has 1 fully saturated rings. The van der Waals surface area contributed by atoms with Crippen LogP contribution in [0.5, 0.6) is 10.9 Å². The maximum Gasteiger partial charge on any atom is 0.407 e. The summed E-state index contributed by atoms with van der Waals surface area (Å²) in [6.45, 7) is 2.97. The highest BCUT2D eigenvalue weighted by Crippen LogP contribution is 2.34. The minimum Gasteiger partial charge on any atom is -0.494 e. The molecule has 0 atom stereocenters. The van der Waals surface area contributed by atoms with E-state index in [1.54, 1.807) is 12.1 Å². The van der Waals surface area contributed by atoms with Gasteiger partial charge in [0.1, 0.15) is 10.9 Å². The number of rotatable bonds is 7. The van der Waals surface area contributed by atoms with Crippen LogP contribution in [-0.4, -0.2) is 69.0 Å². The van der Waals surface area contributed by atoms with Crippen molar-refractivity contribution in [3.8, 4) is 22.1 Å². The summed E-state index contributed by atoms with van der Waals surface area (Å²) < 4.78 is 11.0. The third kappa shape index (κ3) is 5.12. The molecule has 2 N–H and O–H groups in total. The lowest BCUT2D eigenvalue weighted by molar-refractivity contribution is 0.0583.